The van der Waals surface area contributed by atoms with Gasteiger partial charge in [0.25, 0.3) is 0 Å². The van der Waals surface area contributed by atoms with Crippen LogP contribution in [0.4, 0.5) is 0 Å². The third-order valence-corrected chi connectivity index (χ3v) is 7.96. The molecule has 0 N–H and O–H groups in total. The van der Waals surface area contributed by atoms with E-state index in [0.29, 0.717) is 18.3 Å². The molecule has 0 amide bonds. The van der Waals surface area contributed by atoms with Crippen molar-refractivity contribution in [2.24, 2.45) is 5.92 Å². The molecule has 0 heterocycles. The zero-order valence-electron chi connectivity index (χ0n) is 19.4. The Hall–Kier alpha value is -1.72. The lowest BCUT2D eigenvalue weighted by atomic mass is 10.00. The molecular formula is C26H34O3S2. The number of methoxy groups -OCH3 is 1. The molecule has 168 valence electrons. The highest BCUT2D eigenvalue weighted by Gasteiger charge is 2.26. The Kier molecular flexibility index (Phi) is 10.2. The smallest absolute Gasteiger partial charge is 0.316 e. The summed E-state index contributed by atoms with van der Waals surface area (Å²) in [6.07, 6.45) is 1.22. The number of hydrogen-bond donors (Lipinski definition) is 0. The van der Waals surface area contributed by atoms with Gasteiger partial charge in [-0.25, -0.2) is 0 Å². The van der Waals surface area contributed by atoms with Gasteiger partial charge < -0.3 is 4.74 Å². The van der Waals surface area contributed by atoms with Crippen molar-refractivity contribution in [1.29, 1.82) is 0 Å². The number of ketones is 1. The molecule has 2 rings (SSSR count). The third-order valence-electron chi connectivity index (χ3n) is 5.30. The number of esters is 1. The molecule has 0 radical (unpaired) electrons. The SMILES string of the molecule is COC(=O)C(CCC(Sc1ccc(C(C)C)cc1)Sc1ccc(C(C)C)cc1)C(C)=O. The maximum atomic E-state index is 12.0. The van der Waals surface area contributed by atoms with Crippen LogP contribution in [0.25, 0.3) is 0 Å². The molecule has 0 saturated carbocycles. The molecule has 2 aromatic rings. The molecular weight excluding hydrogens is 424 g/mol. The molecule has 1 atom stereocenters. The van der Waals surface area contributed by atoms with Crippen LogP contribution in [-0.4, -0.2) is 23.4 Å². The summed E-state index contributed by atoms with van der Waals surface area (Å²) in [5.41, 5.74) is 2.64. The summed E-state index contributed by atoms with van der Waals surface area (Å²) in [5, 5.41) is 0. The third kappa shape index (κ3) is 8.04. The van der Waals surface area contributed by atoms with Gasteiger partial charge in [-0.05, 0) is 67.0 Å². The Morgan fingerprint density at radius 2 is 1.19 bits per heavy atom. The summed E-state index contributed by atoms with van der Waals surface area (Å²) in [6.45, 7) is 10.2. The second-order valence-electron chi connectivity index (χ2n) is 8.38. The van der Waals surface area contributed by atoms with Crippen molar-refractivity contribution < 1.29 is 14.3 Å². The molecule has 0 fully saturated rings. The fourth-order valence-corrected chi connectivity index (χ4v) is 5.80. The van der Waals surface area contributed by atoms with Crippen LogP contribution in [0, 0.1) is 5.92 Å². The van der Waals surface area contributed by atoms with Gasteiger partial charge >= 0.3 is 5.97 Å². The summed E-state index contributed by atoms with van der Waals surface area (Å²) < 4.78 is 5.02. The predicted octanol–water partition coefficient (Wildman–Crippen LogP) is 7.30. The Bertz CT molecular complexity index is 788. The van der Waals surface area contributed by atoms with E-state index in [1.807, 2.05) is 0 Å². The van der Waals surface area contributed by atoms with Gasteiger partial charge in [0.15, 0.2) is 0 Å². The number of carbonyl (C=O) groups is 2. The quantitative estimate of drug-likeness (QED) is 0.153. The van der Waals surface area contributed by atoms with E-state index >= 15 is 0 Å². The van der Waals surface area contributed by atoms with Crippen LogP contribution in [-0.2, 0) is 14.3 Å². The van der Waals surface area contributed by atoms with Crippen LogP contribution in [0.1, 0.15) is 70.4 Å². The largest absolute Gasteiger partial charge is 0.468 e. The Morgan fingerprint density at radius 3 is 1.52 bits per heavy atom. The molecule has 31 heavy (non-hydrogen) atoms. The standard InChI is InChI=1S/C26H34O3S2/c1-17(2)20-7-11-22(12-8-20)30-25(16-15-24(19(5)27)26(28)29-6)31-23-13-9-21(10-14-23)18(3)4/h7-14,17-18,24-25H,15-16H2,1-6H3. The number of rotatable bonds is 11. The minimum Gasteiger partial charge on any atom is -0.468 e. The molecule has 0 bridgehead atoms. The zero-order valence-corrected chi connectivity index (χ0v) is 21.0. The molecule has 0 aromatic heterocycles. The molecule has 0 aliphatic carbocycles. The van der Waals surface area contributed by atoms with Gasteiger partial charge in [-0.3, -0.25) is 9.59 Å². The summed E-state index contributed by atoms with van der Waals surface area (Å²) in [7, 11) is 1.34. The first-order valence-electron chi connectivity index (χ1n) is 10.8. The number of thioether (sulfide) groups is 2. The lowest BCUT2D eigenvalue weighted by molar-refractivity contribution is -0.149. The zero-order chi connectivity index (χ0) is 23.0. The van der Waals surface area contributed by atoms with Crippen LogP contribution >= 0.6 is 23.5 Å². The van der Waals surface area contributed by atoms with Gasteiger partial charge in [-0.15, -0.1) is 23.5 Å². The fraction of sp³-hybridized carbons (Fsp3) is 0.462. The van der Waals surface area contributed by atoms with E-state index in [0.717, 1.165) is 6.42 Å². The van der Waals surface area contributed by atoms with E-state index in [4.69, 9.17) is 4.74 Å². The van der Waals surface area contributed by atoms with Gasteiger partial charge in [0.1, 0.15) is 11.7 Å². The first kappa shape index (κ1) is 25.5. The van der Waals surface area contributed by atoms with E-state index in [1.165, 1.54) is 35.0 Å². The van der Waals surface area contributed by atoms with E-state index in [2.05, 4.69) is 76.2 Å². The van der Waals surface area contributed by atoms with Crippen molar-refractivity contribution in [2.45, 2.75) is 73.7 Å². The number of benzene rings is 2. The van der Waals surface area contributed by atoms with Crippen LogP contribution in [0.5, 0.6) is 0 Å². The van der Waals surface area contributed by atoms with Gasteiger partial charge in [-0.2, -0.15) is 0 Å². The summed E-state index contributed by atoms with van der Waals surface area (Å²) in [4.78, 5) is 26.4. The Labute approximate surface area is 195 Å². The first-order chi connectivity index (χ1) is 14.7. The fourth-order valence-electron chi connectivity index (χ4n) is 3.24. The van der Waals surface area contributed by atoms with Gasteiger partial charge in [0.05, 0.1) is 11.7 Å². The predicted molar refractivity (Wildman–Crippen MR) is 132 cm³/mol. The second kappa shape index (κ2) is 12.4. The van der Waals surface area contributed by atoms with Crippen LogP contribution in [0.3, 0.4) is 0 Å². The van der Waals surface area contributed by atoms with Crippen LogP contribution < -0.4 is 0 Å². The number of Topliss-reactive ketones (excluding diaryl/α,β-unsaturated/α-hetero) is 1. The molecule has 0 aliphatic heterocycles. The molecule has 0 aliphatic rings. The lowest BCUT2D eigenvalue weighted by Gasteiger charge is -2.19. The number of carbonyl (C=O) groups excluding carboxylic acids is 2. The molecule has 0 saturated heterocycles. The van der Waals surface area contributed by atoms with E-state index in [-0.39, 0.29) is 10.4 Å². The minimum atomic E-state index is -0.694. The average Bonchev–Trinajstić information content (AvgIpc) is 2.74. The Morgan fingerprint density at radius 1 is 0.774 bits per heavy atom. The van der Waals surface area contributed by atoms with Crippen molar-refractivity contribution in [3.05, 3.63) is 59.7 Å². The highest BCUT2D eigenvalue weighted by molar-refractivity contribution is 8.17. The number of ether oxygens (including phenoxy) is 1. The minimum absolute atomic E-state index is 0.136. The monoisotopic (exact) mass is 458 g/mol. The second-order valence-corrected chi connectivity index (χ2v) is 11.2. The molecule has 2 aromatic carbocycles. The Balaban J connectivity index is 2.16. The number of hydrogen-bond acceptors (Lipinski definition) is 5. The van der Waals surface area contributed by atoms with Gasteiger partial charge in [-0.1, -0.05) is 52.0 Å². The highest BCUT2D eigenvalue weighted by Crippen LogP contribution is 2.39. The first-order valence-corrected chi connectivity index (χ1v) is 12.6. The van der Waals surface area contributed by atoms with E-state index in [9.17, 15) is 9.59 Å². The summed E-state index contributed by atoms with van der Waals surface area (Å²) >= 11 is 3.57. The van der Waals surface area contributed by atoms with Crippen molar-refractivity contribution in [3.8, 4) is 0 Å². The maximum absolute atomic E-state index is 12.0. The van der Waals surface area contributed by atoms with Crippen molar-refractivity contribution in [3.63, 3.8) is 0 Å². The summed E-state index contributed by atoms with van der Waals surface area (Å²) in [5.74, 6) is -0.271. The van der Waals surface area contributed by atoms with Gasteiger partial charge in [0, 0.05) is 9.79 Å². The molecule has 3 nitrogen and oxygen atoms in total. The molecule has 1 unspecified atom stereocenters. The van der Waals surface area contributed by atoms with Crippen LogP contribution in [0.15, 0.2) is 58.3 Å². The molecule has 0 spiro atoms. The highest BCUT2D eigenvalue weighted by atomic mass is 32.2. The van der Waals surface area contributed by atoms with Crippen molar-refractivity contribution >= 4 is 35.3 Å². The summed E-state index contributed by atoms with van der Waals surface area (Å²) in [6, 6.07) is 17.4. The molecule has 5 heteroatoms. The van der Waals surface area contributed by atoms with Crippen molar-refractivity contribution in [1.82, 2.24) is 0 Å². The lowest BCUT2D eigenvalue weighted by Crippen LogP contribution is -2.24. The van der Waals surface area contributed by atoms with Crippen molar-refractivity contribution in [2.75, 3.05) is 7.11 Å². The normalized spacial score (nSPS) is 12.4. The average molecular weight is 459 g/mol. The van der Waals surface area contributed by atoms with Crippen LogP contribution in [0.2, 0.25) is 0 Å². The van der Waals surface area contributed by atoms with E-state index in [1.54, 1.807) is 23.5 Å². The maximum Gasteiger partial charge on any atom is 0.316 e. The van der Waals surface area contributed by atoms with E-state index < -0.39 is 11.9 Å². The topological polar surface area (TPSA) is 43.4 Å². The van der Waals surface area contributed by atoms with Gasteiger partial charge in [0.2, 0.25) is 0 Å².